The molecule has 1 atom stereocenters. The van der Waals surface area contributed by atoms with Gasteiger partial charge in [-0.05, 0) is 25.8 Å². The molecule has 0 radical (unpaired) electrons. The Hall–Kier alpha value is -0.760. The van der Waals surface area contributed by atoms with Crippen molar-refractivity contribution in [2.24, 2.45) is 5.92 Å². The molecule has 0 aliphatic carbocycles. The van der Waals surface area contributed by atoms with Gasteiger partial charge in [-0.25, -0.2) is 0 Å². The summed E-state index contributed by atoms with van der Waals surface area (Å²) < 4.78 is 0. The van der Waals surface area contributed by atoms with Gasteiger partial charge in [0.25, 0.3) is 0 Å². The molecule has 0 amide bonds. The van der Waals surface area contributed by atoms with Crippen LogP contribution in [0.1, 0.15) is 19.8 Å². The number of hydrogen-bond acceptors (Lipinski definition) is 2. The molecule has 14 heavy (non-hydrogen) atoms. The van der Waals surface area contributed by atoms with Crippen LogP contribution < -0.4 is 5.32 Å². The van der Waals surface area contributed by atoms with E-state index in [1.807, 2.05) is 7.05 Å². The predicted molar refractivity (Wildman–Crippen MR) is 62.2 cm³/mol. The summed E-state index contributed by atoms with van der Waals surface area (Å²) in [5.74, 6) is 0.750. The maximum absolute atomic E-state index is 4.14. The normalized spacial score (nSPS) is 22.1. The molecule has 0 aromatic carbocycles. The van der Waals surface area contributed by atoms with Gasteiger partial charge in [0.2, 0.25) is 0 Å². The standard InChI is InChI=1S/C12H22N2/c1-11-6-4-5-9-14(10-11)12(2)7-8-13-3/h4-5,11,13H,2,6-10H2,1,3H3. The van der Waals surface area contributed by atoms with Crippen LogP contribution in [-0.4, -0.2) is 31.6 Å². The van der Waals surface area contributed by atoms with Crippen LogP contribution in [0.5, 0.6) is 0 Å². The van der Waals surface area contributed by atoms with Crippen LogP contribution in [-0.2, 0) is 0 Å². The summed E-state index contributed by atoms with van der Waals surface area (Å²) >= 11 is 0. The summed E-state index contributed by atoms with van der Waals surface area (Å²) in [5.41, 5.74) is 1.26. The lowest BCUT2D eigenvalue weighted by molar-refractivity contribution is 0.321. The first-order valence-corrected chi connectivity index (χ1v) is 5.46. The molecule has 2 heteroatoms. The maximum atomic E-state index is 4.14. The van der Waals surface area contributed by atoms with Crippen LogP contribution in [0.4, 0.5) is 0 Å². The zero-order valence-corrected chi connectivity index (χ0v) is 9.42. The van der Waals surface area contributed by atoms with Gasteiger partial charge in [0, 0.05) is 25.3 Å². The van der Waals surface area contributed by atoms with Gasteiger partial charge in [-0.15, -0.1) is 0 Å². The number of hydrogen-bond donors (Lipinski definition) is 1. The second-order valence-electron chi connectivity index (χ2n) is 4.14. The lowest BCUT2D eigenvalue weighted by Gasteiger charge is -2.26. The Bertz CT molecular complexity index is 208. The molecule has 80 valence electrons. The third-order valence-corrected chi connectivity index (χ3v) is 2.67. The molecule has 1 heterocycles. The van der Waals surface area contributed by atoms with Gasteiger partial charge >= 0.3 is 0 Å². The monoisotopic (exact) mass is 194 g/mol. The van der Waals surface area contributed by atoms with Crippen LogP contribution >= 0.6 is 0 Å². The third-order valence-electron chi connectivity index (χ3n) is 2.67. The molecule has 2 nitrogen and oxygen atoms in total. The molecule has 0 spiro atoms. The lowest BCUT2D eigenvalue weighted by Crippen LogP contribution is -2.28. The van der Waals surface area contributed by atoms with Crippen molar-refractivity contribution in [2.75, 3.05) is 26.7 Å². The Labute approximate surface area is 87.7 Å². The first kappa shape index (κ1) is 11.3. The summed E-state index contributed by atoms with van der Waals surface area (Å²) in [6.45, 7) is 9.65. The fraction of sp³-hybridized carbons (Fsp3) is 0.667. The van der Waals surface area contributed by atoms with Gasteiger partial charge in [0.05, 0.1) is 0 Å². The molecule has 0 saturated heterocycles. The van der Waals surface area contributed by atoms with E-state index < -0.39 is 0 Å². The van der Waals surface area contributed by atoms with E-state index in [4.69, 9.17) is 0 Å². The lowest BCUT2D eigenvalue weighted by atomic mass is 10.1. The van der Waals surface area contributed by atoms with E-state index in [-0.39, 0.29) is 0 Å². The van der Waals surface area contributed by atoms with E-state index in [0.29, 0.717) is 0 Å². The number of nitrogens with zero attached hydrogens (tertiary/aromatic N) is 1. The Kier molecular flexibility index (Phi) is 4.74. The van der Waals surface area contributed by atoms with Gasteiger partial charge in [-0.3, -0.25) is 0 Å². The Morgan fingerprint density at radius 3 is 3.07 bits per heavy atom. The number of nitrogens with one attached hydrogen (secondary N) is 1. The highest BCUT2D eigenvalue weighted by Gasteiger charge is 2.12. The van der Waals surface area contributed by atoms with E-state index in [9.17, 15) is 0 Å². The molecule has 1 aliphatic rings. The highest BCUT2D eigenvalue weighted by Crippen LogP contribution is 2.15. The quantitative estimate of drug-likeness (QED) is 0.689. The minimum Gasteiger partial charge on any atom is -0.371 e. The number of rotatable bonds is 4. The fourth-order valence-electron chi connectivity index (χ4n) is 1.74. The van der Waals surface area contributed by atoms with Crippen molar-refractivity contribution in [3.8, 4) is 0 Å². The predicted octanol–water partition coefficient (Wildman–Crippen LogP) is 2.01. The topological polar surface area (TPSA) is 15.3 Å². The second-order valence-corrected chi connectivity index (χ2v) is 4.14. The van der Waals surface area contributed by atoms with Gasteiger partial charge in [-0.1, -0.05) is 25.7 Å². The molecule has 0 aromatic heterocycles. The van der Waals surface area contributed by atoms with Crippen molar-refractivity contribution < 1.29 is 0 Å². The van der Waals surface area contributed by atoms with Gasteiger partial charge in [0.1, 0.15) is 0 Å². The van der Waals surface area contributed by atoms with Crippen LogP contribution in [0.25, 0.3) is 0 Å². The van der Waals surface area contributed by atoms with Crippen LogP contribution in [0.15, 0.2) is 24.4 Å². The molecule has 1 N–H and O–H groups in total. The highest BCUT2D eigenvalue weighted by molar-refractivity contribution is 5.01. The summed E-state index contributed by atoms with van der Waals surface area (Å²) in [4.78, 5) is 2.39. The largest absolute Gasteiger partial charge is 0.371 e. The van der Waals surface area contributed by atoms with E-state index in [2.05, 4.69) is 35.9 Å². The van der Waals surface area contributed by atoms with Crippen molar-refractivity contribution in [3.63, 3.8) is 0 Å². The highest BCUT2D eigenvalue weighted by atomic mass is 15.1. The Morgan fingerprint density at radius 1 is 1.57 bits per heavy atom. The van der Waals surface area contributed by atoms with Gasteiger partial charge in [-0.2, -0.15) is 0 Å². The molecule has 0 saturated carbocycles. The van der Waals surface area contributed by atoms with Crippen molar-refractivity contribution >= 4 is 0 Å². The van der Waals surface area contributed by atoms with Crippen LogP contribution in [0.2, 0.25) is 0 Å². The Balaban J connectivity index is 2.41. The first-order valence-electron chi connectivity index (χ1n) is 5.46. The average Bonchev–Trinajstić information content (AvgIpc) is 2.39. The SMILES string of the molecule is C=C(CCNC)N1CC=CCC(C)C1. The van der Waals surface area contributed by atoms with E-state index in [0.717, 1.165) is 32.0 Å². The van der Waals surface area contributed by atoms with Crippen molar-refractivity contribution in [3.05, 3.63) is 24.4 Å². The molecule has 0 aromatic rings. The van der Waals surface area contributed by atoms with E-state index in [1.165, 1.54) is 12.1 Å². The van der Waals surface area contributed by atoms with Crippen molar-refractivity contribution in [1.82, 2.24) is 10.2 Å². The van der Waals surface area contributed by atoms with Crippen LogP contribution in [0.3, 0.4) is 0 Å². The smallest absolute Gasteiger partial charge is 0.0356 e. The molecule has 1 rings (SSSR count). The molecular formula is C12H22N2. The molecule has 0 bridgehead atoms. The average molecular weight is 194 g/mol. The fourth-order valence-corrected chi connectivity index (χ4v) is 1.74. The first-order chi connectivity index (χ1) is 6.74. The third kappa shape index (κ3) is 3.54. The van der Waals surface area contributed by atoms with Gasteiger partial charge in [0.15, 0.2) is 0 Å². The van der Waals surface area contributed by atoms with Crippen molar-refractivity contribution in [2.45, 2.75) is 19.8 Å². The second kappa shape index (κ2) is 5.86. The Morgan fingerprint density at radius 2 is 2.36 bits per heavy atom. The zero-order chi connectivity index (χ0) is 10.4. The van der Waals surface area contributed by atoms with E-state index >= 15 is 0 Å². The van der Waals surface area contributed by atoms with E-state index in [1.54, 1.807) is 0 Å². The van der Waals surface area contributed by atoms with Gasteiger partial charge < -0.3 is 10.2 Å². The molecular weight excluding hydrogens is 172 g/mol. The summed E-state index contributed by atoms with van der Waals surface area (Å²) in [6.07, 6.45) is 6.80. The van der Waals surface area contributed by atoms with Crippen molar-refractivity contribution in [1.29, 1.82) is 0 Å². The summed E-state index contributed by atoms with van der Waals surface area (Å²) in [6, 6.07) is 0. The van der Waals surface area contributed by atoms with Crippen LogP contribution in [0, 0.1) is 5.92 Å². The molecule has 1 aliphatic heterocycles. The minimum absolute atomic E-state index is 0.750. The summed E-state index contributed by atoms with van der Waals surface area (Å²) in [5, 5.41) is 3.16. The maximum Gasteiger partial charge on any atom is 0.0356 e. The number of allylic oxidation sites excluding steroid dienone is 1. The zero-order valence-electron chi connectivity index (χ0n) is 9.42. The minimum atomic E-state index is 0.750. The molecule has 0 fully saturated rings. The molecule has 1 unspecified atom stereocenters. The summed E-state index contributed by atoms with van der Waals surface area (Å²) in [7, 11) is 1.98.